The lowest BCUT2D eigenvalue weighted by molar-refractivity contribution is -0.141. The zero-order valence-corrected chi connectivity index (χ0v) is 15.5. The van der Waals surface area contributed by atoms with Gasteiger partial charge in [-0.05, 0) is 24.3 Å². The highest BCUT2D eigenvalue weighted by molar-refractivity contribution is 7.90. The van der Waals surface area contributed by atoms with E-state index in [0.29, 0.717) is 6.07 Å². The molecule has 3 rings (SSSR count). The van der Waals surface area contributed by atoms with Gasteiger partial charge in [0.1, 0.15) is 5.69 Å². The summed E-state index contributed by atoms with van der Waals surface area (Å²) >= 11 is 0. The third-order valence-corrected chi connectivity index (χ3v) is 4.88. The Labute approximate surface area is 161 Å². The summed E-state index contributed by atoms with van der Waals surface area (Å²) in [5, 5.41) is 15.8. The number of carboxylic acids is 1. The average molecular weight is 430 g/mol. The first-order chi connectivity index (χ1) is 13.4. The summed E-state index contributed by atoms with van der Waals surface area (Å²) in [5.41, 5.74) is -1.17. The molecule has 0 aliphatic heterocycles. The molecule has 29 heavy (non-hydrogen) atoms. The second-order valence-electron chi connectivity index (χ2n) is 6.00. The van der Waals surface area contributed by atoms with Gasteiger partial charge in [0.2, 0.25) is 5.82 Å². The molecular formula is C16H13F3N4O5S. The number of halogens is 3. The number of aromatic nitrogens is 4. The van der Waals surface area contributed by atoms with Crippen LogP contribution in [0.4, 0.5) is 13.2 Å². The Balaban J connectivity index is 2.02. The topological polar surface area (TPSA) is 128 Å². The fraction of sp³-hybridized carbons (Fsp3) is 0.250. The van der Waals surface area contributed by atoms with E-state index in [9.17, 15) is 26.4 Å². The summed E-state index contributed by atoms with van der Waals surface area (Å²) in [7, 11) is -3.50. The highest BCUT2D eigenvalue weighted by Gasteiger charge is 2.35. The van der Waals surface area contributed by atoms with Crippen molar-refractivity contribution in [3.8, 4) is 23.0 Å². The fourth-order valence-corrected chi connectivity index (χ4v) is 3.08. The predicted molar refractivity (Wildman–Crippen MR) is 91.3 cm³/mol. The van der Waals surface area contributed by atoms with Gasteiger partial charge in [-0.25, -0.2) is 8.42 Å². The summed E-state index contributed by atoms with van der Waals surface area (Å²) in [6.07, 6.45) is -4.20. The maximum atomic E-state index is 13.0. The monoisotopic (exact) mass is 430 g/mol. The first kappa shape index (κ1) is 20.5. The van der Waals surface area contributed by atoms with E-state index in [1.54, 1.807) is 0 Å². The Morgan fingerprint density at radius 2 is 2.00 bits per heavy atom. The van der Waals surface area contributed by atoms with Crippen LogP contribution in [0.1, 0.15) is 12.1 Å². The summed E-state index contributed by atoms with van der Waals surface area (Å²) in [4.78, 5) is 14.8. The highest BCUT2D eigenvalue weighted by atomic mass is 32.2. The van der Waals surface area contributed by atoms with Gasteiger partial charge in [-0.3, -0.25) is 9.48 Å². The molecule has 2 heterocycles. The molecule has 0 saturated heterocycles. The molecular weight excluding hydrogens is 417 g/mol. The van der Waals surface area contributed by atoms with E-state index < -0.39 is 34.1 Å². The summed E-state index contributed by atoms with van der Waals surface area (Å²) < 4.78 is 68.3. The number of carbonyl (C=O) groups is 1. The normalized spacial score (nSPS) is 12.3. The maximum absolute atomic E-state index is 13.0. The molecule has 0 unspecified atom stereocenters. The number of carboxylic acid groups (broad SMARTS) is 1. The predicted octanol–water partition coefficient (Wildman–Crippen LogP) is 2.50. The minimum atomic E-state index is -4.75. The molecule has 2 aromatic heterocycles. The zero-order valence-electron chi connectivity index (χ0n) is 14.7. The number of hydrogen-bond donors (Lipinski definition) is 1. The Morgan fingerprint density at radius 1 is 1.28 bits per heavy atom. The Hall–Kier alpha value is -3.22. The fourth-order valence-electron chi connectivity index (χ4n) is 2.41. The molecule has 9 nitrogen and oxygen atoms in total. The van der Waals surface area contributed by atoms with Gasteiger partial charge in [0, 0.05) is 11.8 Å². The zero-order chi connectivity index (χ0) is 21.4. The summed E-state index contributed by atoms with van der Waals surface area (Å²) in [6.45, 7) is -0.339. The van der Waals surface area contributed by atoms with E-state index in [0.717, 1.165) is 10.9 Å². The van der Waals surface area contributed by atoms with E-state index in [4.69, 9.17) is 9.63 Å². The number of benzene rings is 1. The molecule has 1 aromatic carbocycles. The molecule has 0 fully saturated rings. The standard InChI is InChI=1S/C16H13F3N4O5S/c1-29(26,27)10-4-2-3-9(7-10)15-20-14(22-28-15)11-8-12(16(17,18)19)21-23(11)6-5-13(24)25/h2-4,7-8H,5-6H2,1H3,(H,24,25). The quantitative estimate of drug-likeness (QED) is 0.632. The molecule has 0 saturated carbocycles. The minimum Gasteiger partial charge on any atom is -0.481 e. The third kappa shape index (κ3) is 4.62. The molecule has 13 heteroatoms. The van der Waals surface area contributed by atoms with Crippen LogP contribution in [0.15, 0.2) is 39.8 Å². The third-order valence-electron chi connectivity index (χ3n) is 3.77. The Morgan fingerprint density at radius 3 is 2.62 bits per heavy atom. The summed E-state index contributed by atoms with van der Waals surface area (Å²) in [5.74, 6) is -1.59. The average Bonchev–Trinajstić information content (AvgIpc) is 3.26. The van der Waals surface area contributed by atoms with Gasteiger partial charge in [-0.2, -0.15) is 23.3 Å². The van der Waals surface area contributed by atoms with E-state index in [1.807, 2.05) is 0 Å². The number of alkyl halides is 3. The van der Waals surface area contributed by atoms with Crippen LogP contribution in [-0.2, 0) is 27.4 Å². The van der Waals surface area contributed by atoms with Crippen LogP contribution in [0.25, 0.3) is 23.0 Å². The van der Waals surface area contributed by atoms with Crippen molar-refractivity contribution >= 4 is 15.8 Å². The van der Waals surface area contributed by atoms with Crippen molar-refractivity contribution in [2.24, 2.45) is 0 Å². The molecule has 0 spiro atoms. The Bertz CT molecular complexity index is 1170. The van der Waals surface area contributed by atoms with Crippen molar-refractivity contribution in [3.63, 3.8) is 0 Å². The molecule has 0 aliphatic rings. The molecule has 0 aliphatic carbocycles. The maximum Gasteiger partial charge on any atom is 0.435 e. The van der Waals surface area contributed by atoms with Crippen LogP contribution in [-0.4, -0.2) is 45.7 Å². The highest BCUT2D eigenvalue weighted by Crippen LogP contribution is 2.32. The van der Waals surface area contributed by atoms with Crippen molar-refractivity contribution in [1.82, 2.24) is 19.9 Å². The van der Waals surface area contributed by atoms with Gasteiger partial charge in [0.25, 0.3) is 5.89 Å². The van der Waals surface area contributed by atoms with Crippen LogP contribution >= 0.6 is 0 Å². The number of aliphatic carboxylic acids is 1. The first-order valence-corrected chi connectivity index (χ1v) is 9.86. The van der Waals surface area contributed by atoms with Crippen molar-refractivity contribution in [1.29, 1.82) is 0 Å². The lowest BCUT2D eigenvalue weighted by atomic mass is 10.2. The molecule has 0 radical (unpaired) electrons. The second-order valence-corrected chi connectivity index (χ2v) is 8.02. The van der Waals surface area contributed by atoms with Crippen LogP contribution in [0.3, 0.4) is 0 Å². The van der Waals surface area contributed by atoms with Gasteiger partial charge in [-0.1, -0.05) is 11.2 Å². The van der Waals surface area contributed by atoms with E-state index in [2.05, 4.69) is 15.2 Å². The molecule has 0 amide bonds. The van der Waals surface area contributed by atoms with Gasteiger partial charge in [-0.15, -0.1) is 0 Å². The van der Waals surface area contributed by atoms with Crippen molar-refractivity contribution in [2.45, 2.75) is 24.0 Å². The number of rotatable bonds is 6. The Kier molecular flexibility index (Phi) is 5.17. The summed E-state index contributed by atoms with van der Waals surface area (Å²) in [6, 6.07) is 6.29. The smallest absolute Gasteiger partial charge is 0.435 e. The van der Waals surface area contributed by atoms with Crippen LogP contribution in [0.2, 0.25) is 0 Å². The molecule has 154 valence electrons. The van der Waals surface area contributed by atoms with Crippen LogP contribution < -0.4 is 0 Å². The number of sulfone groups is 1. The SMILES string of the molecule is CS(=O)(=O)c1cccc(-c2nc(-c3cc(C(F)(F)F)nn3CCC(=O)O)no2)c1. The number of aryl methyl sites for hydroxylation is 1. The van der Waals surface area contributed by atoms with Gasteiger partial charge >= 0.3 is 12.1 Å². The van der Waals surface area contributed by atoms with E-state index in [-0.39, 0.29) is 34.4 Å². The molecule has 0 bridgehead atoms. The van der Waals surface area contributed by atoms with E-state index >= 15 is 0 Å². The molecule has 0 atom stereocenters. The lowest BCUT2D eigenvalue weighted by Gasteiger charge is -2.02. The lowest BCUT2D eigenvalue weighted by Crippen LogP contribution is -2.10. The number of nitrogens with zero attached hydrogens (tertiary/aromatic N) is 4. The van der Waals surface area contributed by atoms with E-state index in [1.165, 1.54) is 24.3 Å². The van der Waals surface area contributed by atoms with Crippen molar-refractivity contribution in [3.05, 3.63) is 36.0 Å². The van der Waals surface area contributed by atoms with Gasteiger partial charge in [0.05, 0.1) is 17.9 Å². The van der Waals surface area contributed by atoms with Gasteiger partial charge in [0.15, 0.2) is 15.5 Å². The molecule has 1 N–H and O–H groups in total. The number of hydrogen-bond acceptors (Lipinski definition) is 7. The largest absolute Gasteiger partial charge is 0.481 e. The van der Waals surface area contributed by atoms with Crippen molar-refractivity contribution in [2.75, 3.05) is 6.26 Å². The van der Waals surface area contributed by atoms with Crippen LogP contribution in [0, 0.1) is 0 Å². The van der Waals surface area contributed by atoms with Crippen molar-refractivity contribution < 1.29 is 36.0 Å². The van der Waals surface area contributed by atoms with Gasteiger partial charge < -0.3 is 9.63 Å². The van der Waals surface area contributed by atoms with Crippen LogP contribution in [0.5, 0.6) is 0 Å². The minimum absolute atomic E-state index is 0.000563. The second kappa shape index (κ2) is 7.31. The molecule has 3 aromatic rings. The first-order valence-electron chi connectivity index (χ1n) is 7.96.